The summed E-state index contributed by atoms with van der Waals surface area (Å²) in [6.45, 7) is 7.69. The SMILES string of the molecule is CCOC(=O)CCN(CC1CCCN1CC)C(=O)/C=C/c1ccc(OCc2ccccn2)cc1. The van der Waals surface area contributed by atoms with Gasteiger partial charge < -0.3 is 14.4 Å². The molecule has 0 aliphatic carbocycles. The normalized spacial score (nSPS) is 16.0. The van der Waals surface area contributed by atoms with Crippen LogP contribution in [0.5, 0.6) is 5.75 Å². The molecule has 3 rings (SSSR count). The van der Waals surface area contributed by atoms with Gasteiger partial charge in [0, 0.05) is 31.4 Å². The minimum absolute atomic E-state index is 0.0947. The molecular weight excluding hydrogens is 430 g/mol. The first-order valence-electron chi connectivity index (χ1n) is 12.1. The molecule has 0 saturated carbocycles. The maximum absolute atomic E-state index is 13.0. The molecule has 1 aliphatic heterocycles. The number of nitrogens with zero attached hydrogens (tertiary/aromatic N) is 3. The van der Waals surface area contributed by atoms with Crippen molar-refractivity contribution in [3.63, 3.8) is 0 Å². The first-order chi connectivity index (χ1) is 16.6. The number of pyridine rings is 1. The molecular formula is C27H35N3O4. The van der Waals surface area contributed by atoms with Crippen molar-refractivity contribution in [2.45, 2.75) is 45.8 Å². The van der Waals surface area contributed by atoms with Crippen molar-refractivity contribution in [1.29, 1.82) is 0 Å². The summed E-state index contributed by atoms with van der Waals surface area (Å²) in [7, 11) is 0. The number of carbonyl (C=O) groups excluding carboxylic acids is 2. The minimum atomic E-state index is -0.274. The van der Waals surface area contributed by atoms with Gasteiger partial charge in [-0.15, -0.1) is 0 Å². The monoisotopic (exact) mass is 465 g/mol. The maximum atomic E-state index is 13.0. The van der Waals surface area contributed by atoms with Crippen LogP contribution >= 0.6 is 0 Å². The van der Waals surface area contributed by atoms with E-state index in [1.54, 1.807) is 30.2 Å². The molecule has 1 aromatic heterocycles. The van der Waals surface area contributed by atoms with E-state index in [1.165, 1.54) is 0 Å². The molecule has 0 N–H and O–H groups in total. The molecule has 1 aliphatic rings. The highest BCUT2D eigenvalue weighted by atomic mass is 16.5. The number of rotatable bonds is 12. The van der Waals surface area contributed by atoms with E-state index in [4.69, 9.17) is 9.47 Å². The number of esters is 1. The number of hydrogen-bond donors (Lipinski definition) is 0. The lowest BCUT2D eigenvalue weighted by Gasteiger charge is -2.29. The third-order valence-corrected chi connectivity index (χ3v) is 5.95. The second-order valence-electron chi connectivity index (χ2n) is 8.28. The zero-order valence-electron chi connectivity index (χ0n) is 20.2. The molecule has 7 heteroatoms. The molecule has 0 radical (unpaired) electrons. The predicted octanol–water partition coefficient (Wildman–Crippen LogP) is 3.94. The topological polar surface area (TPSA) is 72.0 Å². The Hall–Kier alpha value is -3.19. The second kappa shape index (κ2) is 13.5. The number of amides is 1. The van der Waals surface area contributed by atoms with Crippen molar-refractivity contribution >= 4 is 18.0 Å². The van der Waals surface area contributed by atoms with Gasteiger partial charge in [0.1, 0.15) is 12.4 Å². The Kier molecular flexibility index (Phi) is 10.1. The summed E-state index contributed by atoms with van der Waals surface area (Å²) in [5, 5.41) is 0. The molecule has 7 nitrogen and oxygen atoms in total. The molecule has 2 heterocycles. The number of carbonyl (C=O) groups is 2. The Morgan fingerprint density at radius 3 is 2.71 bits per heavy atom. The van der Waals surface area contributed by atoms with Gasteiger partial charge >= 0.3 is 5.97 Å². The molecule has 182 valence electrons. The van der Waals surface area contributed by atoms with Crippen LogP contribution in [0.2, 0.25) is 0 Å². The summed E-state index contributed by atoms with van der Waals surface area (Å²) in [6.07, 6.45) is 7.54. The van der Waals surface area contributed by atoms with Gasteiger partial charge in [-0.25, -0.2) is 0 Å². The van der Waals surface area contributed by atoms with E-state index < -0.39 is 0 Å². The van der Waals surface area contributed by atoms with Crippen molar-refractivity contribution in [1.82, 2.24) is 14.8 Å². The van der Waals surface area contributed by atoms with E-state index in [-0.39, 0.29) is 18.3 Å². The second-order valence-corrected chi connectivity index (χ2v) is 8.28. The molecule has 1 unspecified atom stereocenters. The van der Waals surface area contributed by atoms with Gasteiger partial charge in [-0.1, -0.05) is 25.1 Å². The molecule has 1 aromatic carbocycles. The predicted molar refractivity (Wildman–Crippen MR) is 132 cm³/mol. The zero-order valence-corrected chi connectivity index (χ0v) is 20.2. The highest BCUT2D eigenvalue weighted by molar-refractivity contribution is 5.92. The lowest BCUT2D eigenvalue weighted by molar-refractivity contribution is -0.143. The Balaban J connectivity index is 1.58. The summed E-state index contributed by atoms with van der Waals surface area (Å²) < 4.78 is 10.8. The zero-order chi connectivity index (χ0) is 24.2. The van der Waals surface area contributed by atoms with E-state index in [0.717, 1.165) is 42.9 Å². The summed E-state index contributed by atoms with van der Waals surface area (Å²) in [5.74, 6) is 0.373. The molecule has 1 fully saturated rings. The number of likely N-dealkylation sites (N-methyl/N-ethyl adjacent to an activating group) is 1. The molecule has 1 atom stereocenters. The summed E-state index contributed by atoms with van der Waals surface area (Å²) in [5.41, 5.74) is 1.77. The maximum Gasteiger partial charge on any atom is 0.307 e. The lowest BCUT2D eigenvalue weighted by atomic mass is 10.1. The van der Waals surface area contributed by atoms with Gasteiger partial charge in [-0.05, 0) is 68.8 Å². The van der Waals surface area contributed by atoms with Crippen LogP contribution in [0, 0.1) is 0 Å². The highest BCUT2D eigenvalue weighted by Gasteiger charge is 2.26. The Morgan fingerprint density at radius 1 is 1.18 bits per heavy atom. The van der Waals surface area contributed by atoms with Crippen LogP contribution in [0.25, 0.3) is 6.08 Å². The van der Waals surface area contributed by atoms with E-state index in [0.29, 0.717) is 32.3 Å². The van der Waals surface area contributed by atoms with Crippen molar-refractivity contribution in [3.8, 4) is 5.75 Å². The molecule has 34 heavy (non-hydrogen) atoms. The van der Waals surface area contributed by atoms with Crippen LogP contribution in [0.1, 0.15) is 44.4 Å². The largest absolute Gasteiger partial charge is 0.487 e. The van der Waals surface area contributed by atoms with Gasteiger partial charge in [0.2, 0.25) is 5.91 Å². The Labute approximate surface area is 202 Å². The molecule has 0 bridgehead atoms. The van der Waals surface area contributed by atoms with Crippen LogP contribution in [0.3, 0.4) is 0 Å². The number of hydrogen-bond acceptors (Lipinski definition) is 6. The van der Waals surface area contributed by atoms with Crippen molar-refractivity contribution in [2.75, 3.05) is 32.8 Å². The van der Waals surface area contributed by atoms with Crippen LogP contribution in [0.4, 0.5) is 0 Å². The fourth-order valence-electron chi connectivity index (χ4n) is 4.11. The molecule has 2 aromatic rings. The molecule has 0 spiro atoms. The van der Waals surface area contributed by atoms with Gasteiger partial charge in [-0.2, -0.15) is 0 Å². The van der Waals surface area contributed by atoms with E-state index in [2.05, 4.69) is 16.8 Å². The number of ether oxygens (including phenoxy) is 2. The van der Waals surface area contributed by atoms with Crippen LogP contribution in [0.15, 0.2) is 54.7 Å². The summed E-state index contributed by atoms with van der Waals surface area (Å²) in [6, 6.07) is 13.6. The third-order valence-electron chi connectivity index (χ3n) is 5.95. The first-order valence-corrected chi connectivity index (χ1v) is 12.1. The van der Waals surface area contributed by atoms with Gasteiger partial charge in [0.05, 0.1) is 18.7 Å². The quantitative estimate of drug-likeness (QED) is 0.349. The number of aromatic nitrogens is 1. The van der Waals surface area contributed by atoms with Crippen molar-refractivity contribution in [2.24, 2.45) is 0 Å². The van der Waals surface area contributed by atoms with Gasteiger partial charge in [0.15, 0.2) is 0 Å². The Bertz CT molecular complexity index is 931. The van der Waals surface area contributed by atoms with Crippen LogP contribution in [-0.4, -0.2) is 65.5 Å². The fraction of sp³-hybridized carbons (Fsp3) is 0.444. The minimum Gasteiger partial charge on any atom is -0.487 e. The Morgan fingerprint density at radius 2 is 2.00 bits per heavy atom. The van der Waals surface area contributed by atoms with E-state index in [1.807, 2.05) is 42.5 Å². The van der Waals surface area contributed by atoms with Gasteiger partial charge in [-0.3, -0.25) is 19.5 Å². The number of likely N-dealkylation sites (tertiary alicyclic amines) is 1. The first kappa shape index (κ1) is 25.4. The van der Waals surface area contributed by atoms with E-state index in [9.17, 15) is 9.59 Å². The average molecular weight is 466 g/mol. The van der Waals surface area contributed by atoms with Crippen LogP contribution in [-0.2, 0) is 20.9 Å². The summed E-state index contributed by atoms with van der Waals surface area (Å²) in [4.78, 5) is 33.3. The molecule has 1 saturated heterocycles. The lowest BCUT2D eigenvalue weighted by Crippen LogP contribution is -2.43. The van der Waals surface area contributed by atoms with Crippen molar-refractivity contribution < 1.29 is 19.1 Å². The highest BCUT2D eigenvalue weighted by Crippen LogP contribution is 2.19. The summed E-state index contributed by atoms with van der Waals surface area (Å²) >= 11 is 0. The van der Waals surface area contributed by atoms with Crippen LogP contribution < -0.4 is 4.74 Å². The average Bonchev–Trinajstić information content (AvgIpc) is 3.32. The third kappa shape index (κ3) is 7.99. The fourth-order valence-corrected chi connectivity index (χ4v) is 4.11. The standard InChI is InChI=1S/C27H35N3O4/c1-3-29-18-7-9-24(29)20-30(19-16-27(32)33-4-2)26(31)15-12-22-10-13-25(14-11-22)34-21-23-8-5-6-17-28-23/h5-6,8,10-15,17,24H,3-4,7,9,16,18-21H2,1-2H3/b15-12+. The van der Waals surface area contributed by atoms with E-state index >= 15 is 0 Å². The smallest absolute Gasteiger partial charge is 0.307 e. The van der Waals surface area contributed by atoms with Crippen molar-refractivity contribution in [3.05, 3.63) is 66.0 Å². The van der Waals surface area contributed by atoms with Gasteiger partial charge in [0.25, 0.3) is 0 Å². The number of benzene rings is 1. The molecule has 1 amide bonds.